The molecule has 3 aromatic rings. The number of nitrogens with one attached hydrogen (secondary N) is 1. The van der Waals surface area contributed by atoms with Crippen LogP contribution in [0.1, 0.15) is 5.56 Å². The minimum atomic E-state index is -0.0682. The summed E-state index contributed by atoms with van der Waals surface area (Å²) in [5.41, 5.74) is 9.50. The van der Waals surface area contributed by atoms with Gasteiger partial charge in [0.25, 0.3) is 0 Å². The zero-order valence-corrected chi connectivity index (χ0v) is 11.8. The van der Waals surface area contributed by atoms with E-state index in [0.29, 0.717) is 5.69 Å². The SMILES string of the molecule is Cc1cccc(NC(=O)Cn2ccc3cccc(N)c32)c1. The van der Waals surface area contributed by atoms with E-state index in [4.69, 9.17) is 5.73 Å². The molecule has 0 atom stereocenters. The first-order chi connectivity index (χ1) is 10.1. The van der Waals surface area contributed by atoms with E-state index in [-0.39, 0.29) is 12.5 Å². The van der Waals surface area contributed by atoms with Crippen molar-refractivity contribution in [2.24, 2.45) is 0 Å². The number of carbonyl (C=O) groups is 1. The Morgan fingerprint density at radius 3 is 2.81 bits per heavy atom. The van der Waals surface area contributed by atoms with Crippen LogP contribution in [0, 0.1) is 6.92 Å². The number of para-hydroxylation sites is 1. The number of carbonyl (C=O) groups excluding carboxylic acids is 1. The van der Waals surface area contributed by atoms with Gasteiger partial charge in [0.15, 0.2) is 0 Å². The van der Waals surface area contributed by atoms with Gasteiger partial charge < -0.3 is 15.6 Å². The maximum atomic E-state index is 12.2. The van der Waals surface area contributed by atoms with E-state index in [0.717, 1.165) is 22.2 Å². The smallest absolute Gasteiger partial charge is 0.244 e. The van der Waals surface area contributed by atoms with Gasteiger partial charge in [-0.25, -0.2) is 0 Å². The van der Waals surface area contributed by atoms with E-state index in [2.05, 4.69) is 5.32 Å². The lowest BCUT2D eigenvalue weighted by Crippen LogP contribution is -2.18. The van der Waals surface area contributed by atoms with Gasteiger partial charge in [0.05, 0.1) is 11.2 Å². The number of rotatable bonds is 3. The molecule has 0 fully saturated rings. The summed E-state index contributed by atoms with van der Waals surface area (Å²) in [6, 6.07) is 15.5. The van der Waals surface area contributed by atoms with Gasteiger partial charge >= 0.3 is 0 Å². The molecule has 106 valence electrons. The van der Waals surface area contributed by atoms with E-state index in [1.807, 2.05) is 66.2 Å². The number of anilines is 2. The highest BCUT2D eigenvalue weighted by molar-refractivity contribution is 5.94. The summed E-state index contributed by atoms with van der Waals surface area (Å²) in [6.07, 6.45) is 1.89. The molecular formula is C17H17N3O. The predicted octanol–water partition coefficient (Wildman–Crippen LogP) is 3.17. The normalized spacial score (nSPS) is 10.7. The predicted molar refractivity (Wildman–Crippen MR) is 86.2 cm³/mol. The summed E-state index contributed by atoms with van der Waals surface area (Å²) in [5.74, 6) is -0.0682. The molecule has 4 nitrogen and oxygen atoms in total. The molecule has 0 unspecified atom stereocenters. The lowest BCUT2D eigenvalue weighted by atomic mass is 10.2. The number of nitrogens with zero attached hydrogens (tertiary/aromatic N) is 1. The Balaban J connectivity index is 1.81. The maximum absolute atomic E-state index is 12.2. The Bertz CT molecular complexity index is 805. The highest BCUT2D eigenvalue weighted by atomic mass is 16.1. The molecule has 0 aliphatic rings. The van der Waals surface area contributed by atoms with Crippen LogP contribution in [-0.4, -0.2) is 10.5 Å². The lowest BCUT2D eigenvalue weighted by Gasteiger charge is -2.09. The Kier molecular flexibility index (Phi) is 3.36. The molecule has 0 radical (unpaired) electrons. The van der Waals surface area contributed by atoms with Crippen molar-refractivity contribution >= 4 is 28.2 Å². The Labute approximate surface area is 123 Å². The quantitative estimate of drug-likeness (QED) is 0.723. The number of aryl methyl sites for hydroxylation is 1. The average molecular weight is 279 g/mol. The van der Waals surface area contributed by atoms with Gasteiger partial charge in [-0.05, 0) is 36.8 Å². The van der Waals surface area contributed by atoms with Crippen LogP contribution in [0.3, 0.4) is 0 Å². The molecule has 3 N–H and O–H groups in total. The Morgan fingerprint density at radius 2 is 2.00 bits per heavy atom. The summed E-state index contributed by atoms with van der Waals surface area (Å²) < 4.78 is 1.87. The van der Waals surface area contributed by atoms with Gasteiger partial charge in [-0.15, -0.1) is 0 Å². The molecule has 2 aromatic carbocycles. The first-order valence-electron chi connectivity index (χ1n) is 6.83. The third-order valence-corrected chi connectivity index (χ3v) is 3.44. The topological polar surface area (TPSA) is 60.0 Å². The zero-order valence-electron chi connectivity index (χ0n) is 11.8. The summed E-state index contributed by atoms with van der Waals surface area (Å²) in [6.45, 7) is 2.24. The number of fused-ring (bicyclic) bond motifs is 1. The van der Waals surface area contributed by atoms with Crippen LogP contribution in [0.2, 0.25) is 0 Å². The van der Waals surface area contributed by atoms with Crippen molar-refractivity contribution in [1.82, 2.24) is 4.57 Å². The van der Waals surface area contributed by atoms with Crippen LogP contribution < -0.4 is 11.1 Å². The summed E-state index contributed by atoms with van der Waals surface area (Å²) in [7, 11) is 0. The van der Waals surface area contributed by atoms with E-state index >= 15 is 0 Å². The van der Waals surface area contributed by atoms with Crippen molar-refractivity contribution in [3.8, 4) is 0 Å². The monoisotopic (exact) mass is 279 g/mol. The van der Waals surface area contributed by atoms with Gasteiger partial charge in [-0.3, -0.25) is 4.79 Å². The molecule has 1 aromatic heterocycles. The van der Waals surface area contributed by atoms with Crippen LogP contribution in [0.4, 0.5) is 11.4 Å². The second kappa shape index (κ2) is 5.32. The molecule has 0 bridgehead atoms. The fraction of sp³-hybridized carbons (Fsp3) is 0.118. The Hall–Kier alpha value is -2.75. The van der Waals surface area contributed by atoms with E-state index < -0.39 is 0 Å². The number of benzene rings is 2. The minimum absolute atomic E-state index is 0.0682. The fourth-order valence-electron chi connectivity index (χ4n) is 2.50. The third-order valence-electron chi connectivity index (χ3n) is 3.44. The van der Waals surface area contributed by atoms with Crippen molar-refractivity contribution in [3.05, 3.63) is 60.3 Å². The number of nitrogen functional groups attached to an aromatic ring is 1. The maximum Gasteiger partial charge on any atom is 0.244 e. The number of hydrogen-bond donors (Lipinski definition) is 2. The minimum Gasteiger partial charge on any atom is -0.397 e. The molecule has 21 heavy (non-hydrogen) atoms. The standard InChI is InChI=1S/C17H17N3O/c1-12-4-2-6-14(10-12)19-16(21)11-20-9-8-13-5-3-7-15(18)17(13)20/h2-10H,11,18H2,1H3,(H,19,21). The molecule has 0 aliphatic carbocycles. The molecule has 1 heterocycles. The fourth-order valence-corrected chi connectivity index (χ4v) is 2.50. The summed E-state index contributed by atoms with van der Waals surface area (Å²) in [5, 5.41) is 3.94. The zero-order chi connectivity index (χ0) is 14.8. The van der Waals surface area contributed by atoms with E-state index in [1.165, 1.54) is 0 Å². The second-order valence-electron chi connectivity index (χ2n) is 5.15. The highest BCUT2D eigenvalue weighted by Gasteiger charge is 2.08. The summed E-state index contributed by atoms with van der Waals surface area (Å²) in [4.78, 5) is 12.2. The molecule has 0 spiro atoms. The molecule has 3 rings (SSSR count). The first kappa shape index (κ1) is 13.2. The van der Waals surface area contributed by atoms with Crippen molar-refractivity contribution in [2.75, 3.05) is 11.1 Å². The van der Waals surface area contributed by atoms with Gasteiger partial charge in [-0.2, -0.15) is 0 Å². The van der Waals surface area contributed by atoms with Gasteiger partial charge in [0, 0.05) is 17.3 Å². The van der Waals surface area contributed by atoms with Crippen LogP contribution >= 0.6 is 0 Å². The van der Waals surface area contributed by atoms with Gasteiger partial charge in [-0.1, -0.05) is 24.3 Å². The van der Waals surface area contributed by atoms with Crippen molar-refractivity contribution in [2.45, 2.75) is 13.5 Å². The van der Waals surface area contributed by atoms with E-state index in [9.17, 15) is 4.79 Å². The molecule has 1 amide bonds. The highest BCUT2D eigenvalue weighted by Crippen LogP contribution is 2.22. The third kappa shape index (κ3) is 2.74. The molecule has 0 saturated carbocycles. The molecule has 4 heteroatoms. The van der Waals surface area contributed by atoms with E-state index in [1.54, 1.807) is 0 Å². The van der Waals surface area contributed by atoms with Gasteiger partial charge in [0.1, 0.15) is 6.54 Å². The molecule has 0 aliphatic heterocycles. The number of nitrogens with two attached hydrogens (primary N) is 1. The van der Waals surface area contributed by atoms with Crippen molar-refractivity contribution < 1.29 is 4.79 Å². The van der Waals surface area contributed by atoms with Crippen LogP contribution in [0.25, 0.3) is 10.9 Å². The Morgan fingerprint density at radius 1 is 1.19 bits per heavy atom. The van der Waals surface area contributed by atoms with Crippen molar-refractivity contribution in [1.29, 1.82) is 0 Å². The summed E-state index contributed by atoms with van der Waals surface area (Å²) >= 11 is 0. The van der Waals surface area contributed by atoms with Crippen molar-refractivity contribution in [3.63, 3.8) is 0 Å². The van der Waals surface area contributed by atoms with Gasteiger partial charge in [0.2, 0.25) is 5.91 Å². The van der Waals surface area contributed by atoms with Crippen LogP contribution in [-0.2, 0) is 11.3 Å². The second-order valence-corrected chi connectivity index (χ2v) is 5.15. The lowest BCUT2D eigenvalue weighted by molar-refractivity contribution is -0.116. The number of amides is 1. The molecule has 0 saturated heterocycles. The number of aromatic nitrogens is 1. The van der Waals surface area contributed by atoms with Crippen LogP contribution in [0.15, 0.2) is 54.7 Å². The largest absolute Gasteiger partial charge is 0.397 e. The first-order valence-corrected chi connectivity index (χ1v) is 6.83. The average Bonchev–Trinajstić information content (AvgIpc) is 2.83. The van der Waals surface area contributed by atoms with Crippen LogP contribution in [0.5, 0.6) is 0 Å². The number of hydrogen-bond acceptors (Lipinski definition) is 2. The molecular weight excluding hydrogens is 262 g/mol.